The lowest BCUT2D eigenvalue weighted by molar-refractivity contribution is 0.145. The molecule has 0 spiro atoms. The molecule has 7 nitrogen and oxygen atoms in total. The Balaban J connectivity index is 1.62. The maximum Gasteiger partial charge on any atom is 0.227 e. The highest BCUT2D eigenvalue weighted by Crippen LogP contribution is 2.19. The summed E-state index contributed by atoms with van der Waals surface area (Å²) in [4.78, 5) is 13.2. The zero-order valence-corrected chi connectivity index (χ0v) is 12.8. The summed E-state index contributed by atoms with van der Waals surface area (Å²) >= 11 is 0. The first-order valence-electron chi connectivity index (χ1n) is 7.67. The van der Waals surface area contributed by atoms with Gasteiger partial charge < -0.3 is 14.9 Å². The molecule has 3 rings (SSSR count). The van der Waals surface area contributed by atoms with Crippen LogP contribution in [0, 0.1) is 0 Å². The fraction of sp³-hybridized carbons (Fsp3) is 0.533. The van der Waals surface area contributed by atoms with Crippen molar-refractivity contribution >= 4 is 11.8 Å². The Hall–Kier alpha value is -2.15. The van der Waals surface area contributed by atoms with Crippen LogP contribution in [-0.2, 0) is 6.54 Å². The summed E-state index contributed by atoms with van der Waals surface area (Å²) in [7, 11) is 1.99. The SMILES string of the molecule is CN(CCn1cccn1)c1nccc(N2CCC(O)CC2)n1. The second-order valence-electron chi connectivity index (χ2n) is 5.62. The molecule has 2 aromatic heterocycles. The third-order valence-corrected chi connectivity index (χ3v) is 3.98. The van der Waals surface area contributed by atoms with Crippen molar-refractivity contribution in [1.29, 1.82) is 0 Å². The molecule has 0 amide bonds. The standard InChI is InChI=1S/C15H22N6O/c1-19(11-12-21-8-2-6-17-21)15-16-7-3-14(18-15)20-9-4-13(22)5-10-20/h2-3,6-8,13,22H,4-5,9-12H2,1H3. The van der Waals surface area contributed by atoms with E-state index in [1.165, 1.54) is 0 Å². The van der Waals surface area contributed by atoms with E-state index in [9.17, 15) is 5.11 Å². The van der Waals surface area contributed by atoms with Crippen molar-refractivity contribution in [2.24, 2.45) is 0 Å². The van der Waals surface area contributed by atoms with Crippen molar-refractivity contribution < 1.29 is 5.11 Å². The summed E-state index contributed by atoms with van der Waals surface area (Å²) in [5.74, 6) is 1.65. The van der Waals surface area contributed by atoms with E-state index in [2.05, 4.69) is 20.0 Å². The summed E-state index contributed by atoms with van der Waals surface area (Å²) in [6.07, 6.45) is 6.96. The van der Waals surface area contributed by atoms with E-state index in [-0.39, 0.29) is 6.10 Å². The van der Waals surface area contributed by atoms with Crippen molar-refractivity contribution in [2.45, 2.75) is 25.5 Å². The van der Waals surface area contributed by atoms with E-state index in [1.54, 1.807) is 12.4 Å². The van der Waals surface area contributed by atoms with Gasteiger partial charge in [-0.25, -0.2) is 4.98 Å². The number of likely N-dealkylation sites (N-methyl/N-ethyl adjacent to an activating group) is 1. The normalized spacial score (nSPS) is 16.0. The van der Waals surface area contributed by atoms with Crippen molar-refractivity contribution in [3.63, 3.8) is 0 Å². The van der Waals surface area contributed by atoms with Crippen LogP contribution in [0.5, 0.6) is 0 Å². The van der Waals surface area contributed by atoms with Crippen LogP contribution >= 0.6 is 0 Å². The lowest BCUT2D eigenvalue weighted by Crippen LogP contribution is -2.36. The van der Waals surface area contributed by atoms with Gasteiger partial charge in [0.2, 0.25) is 5.95 Å². The maximum absolute atomic E-state index is 9.60. The third kappa shape index (κ3) is 3.54. The van der Waals surface area contributed by atoms with Gasteiger partial charge in [0.15, 0.2) is 0 Å². The van der Waals surface area contributed by atoms with Gasteiger partial charge in [0.05, 0.1) is 12.6 Å². The van der Waals surface area contributed by atoms with Crippen LogP contribution in [0.3, 0.4) is 0 Å². The second-order valence-corrected chi connectivity index (χ2v) is 5.62. The number of hydrogen-bond acceptors (Lipinski definition) is 6. The molecule has 1 saturated heterocycles. The summed E-state index contributed by atoms with van der Waals surface area (Å²) in [6.45, 7) is 3.28. The Morgan fingerprint density at radius 2 is 2.14 bits per heavy atom. The monoisotopic (exact) mass is 302 g/mol. The summed E-state index contributed by atoms with van der Waals surface area (Å²) in [5.41, 5.74) is 0. The zero-order valence-electron chi connectivity index (χ0n) is 12.8. The van der Waals surface area contributed by atoms with E-state index >= 15 is 0 Å². The van der Waals surface area contributed by atoms with Gasteiger partial charge in [0.25, 0.3) is 0 Å². The summed E-state index contributed by atoms with van der Waals surface area (Å²) < 4.78 is 1.90. The number of aromatic nitrogens is 4. The van der Waals surface area contributed by atoms with Crippen LogP contribution in [-0.4, -0.2) is 57.6 Å². The lowest BCUT2D eigenvalue weighted by Gasteiger charge is -2.31. The topological polar surface area (TPSA) is 70.3 Å². The molecule has 0 aromatic carbocycles. The van der Waals surface area contributed by atoms with E-state index in [0.29, 0.717) is 0 Å². The molecule has 1 aliphatic rings. The highest BCUT2D eigenvalue weighted by molar-refractivity contribution is 5.43. The Bertz CT molecular complexity index is 579. The third-order valence-electron chi connectivity index (χ3n) is 3.98. The molecule has 0 aliphatic carbocycles. The molecule has 1 aliphatic heterocycles. The first-order chi connectivity index (χ1) is 10.7. The Labute approximate surface area is 130 Å². The fourth-order valence-electron chi connectivity index (χ4n) is 2.58. The van der Waals surface area contributed by atoms with Gasteiger partial charge in [-0.05, 0) is 25.0 Å². The van der Waals surface area contributed by atoms with Crippen LogP contribution in [0.25, 0.3) is 0 Å². The number of aliphatic hydroxyl groups is 1. The van der Waals surface area contributed by atoms with E-state index in [4.69, 9.17) is 0 Å². The molecule has 2 aromatic rings. The number of nitrogens with zero attached hydrogens (tertiary/aromatic N) is 6. The second kappa shape index (κ2) is 6.74. The Morgan fingerprint density at radius 1 is 1.32 bits per heavy atom. The molecule has 0 bridgehead atoms. The molecular formula is C15H22N6O. The zero-order chi connectivity index (χ0) is 15.4. The van der Waals surface area contributed by atoms with Crippen molar-refractivity contribution in [3.8, 4) is 0 Å². The number of aliphatic hydroxyl groups excluding tert-OH is 1. The number of rotatable bonds is 5. The Kier molecular flexibility index (Phi) is 4.53. The average molecular weight is 302 g/mol. The fourth-order valence-corrected chi connectivity index (χ4v) is 2.58. The predicted molar refractivity (Wildman–Crippen MR) is 85.0 cm³/mol. The molecular weight excluding hydrogens is 280 g/mol. The van der Waals surface area contributed by atoms with Crippen molar-refractivity contribution in [3.05, 3.63) is 30.7 Å². The van der Waals surface area contributed by atoms with Gasteiger partial charge in [0.1, 0.15) is 5.82 Å². The van der Waals surface area contributed by atoms with Crippen LogP contribution < -0.4 is 9.80 Å². The van der Waals surface area contributed by atoms with Crippen molar-refractivity contribution in [1.82, 2.24) is 19.7 Å². The highest BCUT2D eigenvalue weighted by Gasteiger charge is 2.18. The smallest absolute Gasteiger partial charge is 0.227 e. The van der Waals surface area contributed by atoms with Gasteiger partial charge in [-0.2, -0.15) is 10.1 Å². The number of hydrogen-bond donors (Lipinski definition) is 1. The highest BCUT2D eigenvalue weighted by atomic mass is 16.3. The van der Waals surface area contributed by atoms with Gasteiger partial charge >= 0.3 is 0 Å². The number of piperidine rings is 1. The van der Waals surface area contributed by atoms with Gasteiger partial charge in [-0.15, -0.1) is 0 Å². The minimum absolute atomic E-state index is 0.172. The first-order valence-corrected chi connectivity index (χ1v) is 7.67. The summed E-state index contributed by atoms with van der Waals surface area (Å²) in [6, 6.07) is 3.85. The summed E-state index contributed by atoms with van der Waals surface area (Å²) in [5, 5.41) is 13.8. The molecule has 7 heteroatoms. The van der Waals surface area contributed by atoms with Gasteiger partial charge in [0, 0.05) is 45.3 Å². The van der Waals surface area contributed by atoms with Crippen LogP contribution in [0.4, 0.5) is 11.8 Å². The molecule has 22 heavy (non-hydrogen) atoms. The molecule has 0 atom stereocenters. The number of anilines is 2. The molecule has 0 saturated carbocycles. The minimum atomic E-state index is -0.172. The average Bonchev–Trinajstić information content (AvgIpc) is 3.07. The first kappa shape index (κ1) is 14.8. The van der Waals surface area contributed by atoms with Crippen LogP contribution in [0.2, 0.25) is 0 Å². The minimum Gasteiger partial charge on any atom is -0.393 e. The molecule has 3 heterocycles. The van der Waals surface area contributed by atoms with Crippen molar-refractivity contribution in [2.75, 3.05) is 36.5 Å². The largest absolute Gasteiger partial charge is 0.393 e. The van der Waals surface area contributed by atoms with Crippen LogP contribution in [0.1, 0.15) is 12.8 Å². The predicted octanol–water partition coefficient (Wildman–Crippen LogP) is 0.771. The molecule has 0 unspecified atom stereocenters. The van der Waals surface area contributed by atoms with E-state index in [1.807, 2.05) is 35.0 Å². The van der Waals surface area contributed by atoms with Gasteiger partial charge in [-0.3, -0.25) is 4.68 Å². The molecule has 118 valence electrons. The molecule has 0 radical (unpaired) electrons. The molecule has 1 fully saturated rings. The van der Waals surface area contributed by atoms with Crippen LogP contribution in [0.15, 0.2) is 30.7 Å². The van der Waals surface area contributed by atoms with E-state index < -0.39 is 0 Å². The van der Waals surface area contributed by atoms with E-state index in [0.717, 1.165) is 50.8 Å². The maximum atomic E-state index is 9.60. The quantitative estimate of drug-likeness (QED) is 0.880. The lowest BCUT2D eigenvalue weighted by atomic mass is 10.1. The Morgan fingerprint density at radius 3 is 2.86 bits per heavy atom. The van der Waals surface area contributed by atoms with Gasteiger partial charge in [-0.1, -0.05) is 0 Å². The molecule has 1 N–H and O–H groups in total.